The molecule has 84 valence electrons. The van der Waals surface area contributed by atoms with Crippen LogP contribution in [0.4, 0.5) is 0 Å². The Hall–Kier alpha value is -0.800. The summed E-state index contributed by atoms with van der Waals surface area (Å²) in [5.41, 5.74) is 3.64. The first-order valence-corrected chi connectivity index (χ1v) is 6.52. The fraction of sp³-hybridized carbons (Fsp3) is 0.250. The maximum Gasteiger partial charge on any atom is 0.0662 e. The largest absolute Gasteiger partial charge is 0.265 e. The molecule has 0 aliphatic carbocycles. The molecule has 16 heavy (non-hydrogen) atoms. The SMILES string of the molecule is Cc1c(CBr)cnn1Cc1ccc(Cl)cc1. The molecule has 0 aliphatic rings. The molecule has 0 saturated carbocycles. The van der Waals surface area contributed by atoms with Gasteiger partial charge in [0, 0.05) is 21.6 Å². The normalized spacial score (nSPS) is 10.7. The van der Waals surface area contributed by atoms with Crippen LogP contribution in [0, 0.1) is 6.92 Å². The quantitative estimate of drug-likeness (QED) is 0.789. The van der Waals surface area contributed by atoms with Crippen LogP contribution in [0.2, 0.25) is 5.02 Å². The second kappa shape index (κ2) is 5.02. The van der Waals surface area contributed by atoms with Crippen LogP contribution in [0.5, 0.6) is 0 Å². The Kier molecular flexibility index (Phi) is 3.66. The van der Waals surface area contributed by atoms with E-state index in [-0.39, 0.29) is 0 Å². The molecule has 2 nitrogen and oxygen atoms in total. The van der Waals surface area contributed by atoms with Crippen LogP contribution in [0.25, 0.3) is 0 Å². The van der Waals surface area contributed by atoms with E-state index < -0.39 is 0 Å². The van der Waals surface area contributed by atoms with Crippen LogP contribution >= 0.6 is 27.5 Å². The van der Waals surface area contributed by atoms with E-state index in [0.717, 1.165) is 16.9 Å². The molecular weight excluding hydrogens is 288 g/mol. The van der Waals surface area contributed by atoms with E-state index in [2.05, 4.69) is 28.0 Å². The number of rotatable bonds is 3. The molecule has 2 aromatic rings. The zero-order chi connectivity index (χ0) is 11.5. The number of halogens is 2. The van der Waals surface area contributed by atoms with Crippen LogP contribution in [-0.4, -0.2) is 9.78 Å². The topological polar surface area (TPSA) is 17.8 Å². The molecule has 1 heterocycles. The van der Waals surface area contributed by atoms with Gasteiger partial charge >= 0.3 is 0 Å². The molecule has 2 rings (SSSR count). The lowest BCUT2D eigenvalue weighted by atomic mass is 10.2. The number of nitrogens with zero attached hydrogens (tertiary/aromatic N) is 2. The number of hydrogen-bond donors (Lipinski definition) is 0. The average molecular weight is 300 g/mol. The van der Waals surface area contributed by atoms with Crippen molar-refractivity contribution < 1.29 is 0 Å². The maximum absolute atomic E-state index is 5.84. The minimum atomic E-state index is 0.766. The lowest BCUT2D eigenvalue weighted by Crippen LogP contribution is -2.03. The summed E-state index contributed by atoms with van der Waals surface area (Å²) in [6.45, 7) is 2.87. The standard InChI is InChI=1S/C12H12BrClN2/c1-9-11(6-13)7-15-16(9)8-10-2-4-12(14)5-3-10/h2-5,7H,6,8H2,1H3. The summed E-state index contributed by atoms with van der Waals surface area (Å²) >= 11 is 9.29. The van der Waals surface area contributed by atoms with Gasteiger partial charge < -0.3 is 0 Å². The van der Waals surface area contributed by atoms with E-state index in [4.69, 9.17) is 11.6 Å². The van der Waals surface area contributed by atoms with E-state index in [9.17, 15) is 0 Å². The molecule has 1 aromatic heterocycles. The highest BCUT2D eigenvalue weighted by molar-refractivity contribution is 9.08. The van der Waals surface area contributed by atoms with E-state index in [1.807, 2.05) is 35.1 Å². The van der Waals surface area contributed by atoms with Crippen LogP contribution in [0.15, 0.2) is 30.5 Å². The summed E-state index contributed by atoms with van der Waals surface area (Å²) < 4.78 is 2.00. The van der Waals surface area contributed by atoms with Crippen LogP contribution in [0.3, 0.4) is 0 Å². The zero-order valence-corrected chi connectivity index (χ0v) is 11.3. The molecule has 0 amide bonds. The number of alkyl halides is 1. The molecule has 0 fully saturated rings. The molecule has 0 bridgehead atoms. The lowest BCUT2D eigenvalue weighted by Gasteiger charge is -2.05. The van der Waals surface area contributed by atoms with Crippen LogP contribution in [0.1, 0.15) is 16.8 Å². The van der Waals surface area contributed by atoms with E-state index in [0.29, 0.717) is 0 Å². The van der Waals surface area contributed by atoms with Crippen molar-refractivity contribution in [2.45, 2.75) is 18.8 Å². The summed E-state index contributed by atoms with van der Waals surface area (Å²) in [7, 11) is 0. The smallest absolute Gasteiger partial charge is 0.0662 e. The molecule has 0 atom stereocenters. The van der Waals surface area contributed by atoms with Crippen molar-refractivity contribution in [3.05, 3.63) is 52.3 Å². The summed E-state index contributed by atoms with van der Waals surface area (Å²) in [5, 5.41) is 5.97. The first-order chi connectivity index (χ1) is 7.70. The summed E-state index contributed by atoms with van der Waals surface area (Å²) in [5.74, 6) is 0. The highest BCUT2D eigenvalue weighted by atomic mass is 79.9. The predicted octanol–water partition coefficient (Wildman–Crippen LogP) is 3.79. The first-order valence-electron chi connectivity index (χ1n) is 5.02. The van der Waals surface area contributed by atoms with Gasteiger partial charge in [-0.25, -0.2) is 0 Å². The van der Waals surface area contributed by atoms with E-state index >= 15 is 0 Å². The van der Waals surface area contributed by atoms with Gasteiger partial charge in [0.15, 0.2) is 0 Å². The van der Waals surface area contributed by atoms with Crippen LogP contribution < -0.4 is 0 Å². The van der Waals surface area contributed by atoms with Crippen molar-refractivity contribution in [1.82, 2.24) is 9.78 Å². The van der Waals surface area contributed by atoms with Crippen molar-refractivity contribution in [1.29, 1.82) is 0 Å². The van der Waals surface area contributed by atoms with Crippen molar-refractivity contribution in [3.8, 4) is 0 Å². The van der Waals surface area contributed by atoms with Gasteiger partial charge in [-0.2, -0.15) is 5.10 Å². The fourth-order valence-corrected chi connectivity index (χ4v) is 2.22. The van der Waals surface area contributed by atoms with Gasteiger partial charge in [-0.15, -0.1) is 0 Å². The Morgan fingerprint density at radius 2 is 2.00 bits per heavy atom. The molecule has 0 aliphatic heterocycles. The number of benzene rings is 1. The Labute approximate surface area is 108 Å². The Balaban J connectivity index is 2.20. The van der Waals surface area contributed by atoms with Gasteiger partial charge in [0.05, 0.1) is 12.7 Å². The highest BCUT2D eigenvalue weighted by Gasteiger charge is 2.05. The third kappa shape index (κ3) is 2.47. The maximum atomic E-state index is 5.84. The number of aromatic nitrogens is 2. The Morgan fingerprint density at radius 3 is 2.56 bits per heavy atom. The third-order valence-corrected chi connectivity index (χ3v) is 3.45. The monoisotopic (exact) mass is 298 g/mol. The van der Waals surface area contributed by atoms with Crippen molar-refractivity contribution >= 4 is 27.5 Å². The van der Waals surface area contributed by atoms with Crippen molar-refractivity contribution in [2.75, 3.05) is 0 Å². The van der Waals surface area contributed by atoms with Gasteiger partial charge in [-0.1, -0.05) is 39.7 Å². The molecule has 0 saturated heterocycles. The van der Waals surface area contributed by atoms with Gasteiger partial charge in [-0.05, 0) is 24.6 Å². The van der Waals surface area contributed by atoms with E-state index in [1.54, 1.807) is 0 Å². The van der Waals surface area contributed by atoms with Gasteiger partial charge in [0.25, 0.3) is 0 Å². The predicted molar refractivity (Wildman–Crippen MR) is 70.1 cm³/mol. The molecule has 0 radical (unpaired) electrons. The molecule has 1 aromatic carbocycles. The Bertz CT molecular complexity index is 476. The summed E-state index contributed by atoms with van der Waals surface area (Å²) in [4.78, 5) is 0. The Morgan fingerprint density at radius 1 is 1.31 bits per heavy atom. The molecule has 0 unspecified atom stereocenters. The lowest BCUT2D eigenvalue weighted by molar-refractivity contribution is 0.664. The van der Waals surface area contributed by atoms with Crippen LogP contribution in [-0.2, 0) is 11.9 Å². The summed E-state index contributed by atoms with van der Waals surface area (Å²) in [6, 6.07) is 7.86. The second-order valence-electron chi connectivity index (χ2n) is 3.67. The van der Waals surface area contributed by atoms with Gasteiger partial charge in [-0.3, -0.25) is 4.68 Å². The molecule has 4 heteroatoms. The minimum absolute atomic E-state index is 0.766. The summed E-state index contributed by atoms with van der Waals surface area (Å²) in [6.07, 6.45) is 1.90. The minimum Gasteiger partial charge on any atom is -0.265 e. The van der Waals surface area contributed by atoms with Gasteiger partial charge in [0.2, 0.25) is 0 Å². The average Bonchev–Trinajstić information content (AvgIpc) is 2.63. The van der Waals surface area contributed by atoms with Crippen molar-refractivity contribution in [3.63, 3.8) is 0 Å². The number of hydrogen-bond acceptors (Lipinski definition) is 1. The molecule has 0 spiro atoms. The molecular formula is C12H12BrClN2. The molecule has 0 N–H and O–H groups in total. The zero-order valence-electron chi connectivity index (χ0n) is 8.95. The highest BCUT2D eigenvalue weighted by Crippen LogP contribution is 2.14. The van der Waals surface area contributed by atoms with Gasteiger partial charge in [0.1, 0.15) is 0 Å². The second-order valence-corrected chi connectivity index (χ2v) is 4.67. The van der Waals surface area contributed by atoms with E-state index in [1.165, 1.54) is 16.8 Å². The van der Waals surface area contributed by atoms with Crippen molar-refractivity contribution in [2.24, 2.45) is 0 Å². The first kappa shape index (κ1) is 11.7. The fourth-order valence-electron chi connectivity index (χ4n) is 1.54. The third-order valence-electron chi connectivity index (χ3n) is 2.59.